The summed E-state index contributed by atoms with van der Waals surface area (Å²) in [6.07, 6.45) is 6.33. The number of carbonyl (C=O) groups is 1. The maximum Gasteiger partial charge on any atom is 0.304 e. The van der Waals surface area contributed by atoms with Crippen LogP contribution in [0, 0.1) is 0 Å². The molecule has 0 spiro atoms. The monoisotopic (exact) mass is 241 g/mol. The molecule has 2 aliphatic rings. The average Bonchev–Trinajstić information content (AvgIpc) is 3.14. The van der Waals surface area contributed by atoms with Crippen molar-refractivity contribution in [3.8, 4) is 0 Å². The molecule has 1 saturated heterocycles. The van der Waals surface area contributed by atoms with E-state index < -0.39 is 5.97 Å². The fraction of sp³-hybridized carbons (Fsp3) is 0.923. The summed E-state index contributed by atoms with van der Waals surface area (Å²) < 4.78 is 5.69. The topological polar surface area (TPSA) is 49.8 Å². The van der Waals surface area contributed by atoms with Crippen molar-refractivity contribution in [3.05, 3.63) is 0 Å². The minimum absolute atomic E-state index is 0.269. The highest BCUT2D eigenvalue weighted by Crippen LogP contribution is 2.33. The third-order valence-electron chi connectivity index (χ3n) is 3.86. The number of hydrogen-bond acceptors (Lipinski definition) is 3. The third kappa shape index (κ3) is 3.68. The van der Waals surface area contributed by atoms with E-state index in [1.54, 1.807) is 0 Å². The Labute approximate surface area is 103 Å². The first-order valence-corrected chi connectivity index (χ1v) is 6.79. The van der Waals surface area contributed by atoms with Crippen LogP contribution in [0.15, 0.2) is 0 Å². The predicted molar refractivity (Wildman–Crippen MR) is 65.0 cm³/mol. The number of aliphatic carboxylic acids is 1. The van der Waals surface area contributed by atoms with E-state index in [0.717, 1.165) is 25.9 Å². The highest BCUT2D eigenvalue weighted by Gasteiger charge is 2.36. The fourth-order valence-electron chi connectivity index (χ4n) is 2.74. The van der Waals surface area contributed by atoms with Crippen LogP contribution in [-0.2, 0) is 9.53 Å². The van der Waals surface area contributed by atoms with E-state index in [2.05, 4.69) is 11.8 Å². The molecule has 1 aliphatic carbocycles. The first-order valence-electron chi connectivity index (χ1n) is 6.79. The summed E-state index contributed by atoms with van der Waals surface area (Å²) in [5.74, 6) is -0.685. The molecule has 1 N–H and O–H groups in total. The number of ether oxygens (including phenoxy) is 1. The molecule has 2 rings (SSSR count). The lowest BCUT2D eigenvalue weighted by Crippen LogP contribution is -2.44. The molecule has 4 heteroatoms. The van der Waals surface area contributed by atoms with Crippen molar-refractivity contribution in [2.75, 3.05) is 13.2 Å². The lowest BCUT2D eigenvalue weighted by Gasteiger charge is -2.37. The molecular weight excluding hydrogens is 218 g/mol. The number of hydrogen-bond donors (Lipinski definition) is 1. The van der Waals surface area contributed by atoms with Crippen LogP contribution in [0.3, 0.4) is 0 Å². The van der Waals surface area contributed by atoms with Gasteiger partial charge in [0.25, 0.3) is 0 Å². The molecule has 1 saturated carbocycles. The Morgan fingerprint density at radius 1 is 1.35 bits per heavy atom. The zero-order valence-electron chi connectivity index (χ0n) is 10.6. The average molecular weight is 241 g/mol. The van der Waals surface area contributed by atoms with E-state index in [-0.39, 0.29) is 6.42 Å². The number of carboxylic acids is 1. The molecule has 0 radical (unpaired) electrons. The van der Waals surface area contributed by atoms with E-state index in [1.807, 2.05) is 0 Å². The predicted octanol–water partition coefficient (Wildman–Crippen LogP) is 1.88. The second-order valence-corrected chi connectivity index (χ2v) is 5.19. The molecule has 17 heavy (non-hydrogen) atoms. The van der Waals surface area contributed by atoms with Gasteiger partial charge in [0.05, 0.1) is 12.5 Å². The first-order chi connectivity index (χ1) is 8.20. The van der Waals surface area contributed by atoms with Crippen LogP contribution in [0.1, 0.15) is 45.4 Å². The van der Waals surface area contributed by atoms with Gasteiger partial charge in [-0.3, -0.25) is 9.69 Å². The van der Waals surface area contributed by atoms with Crippen LogP contribution in [0.25, 0.3) is 0 Å². The maximum absolute atomic E-state index is 10.7. The van der Waals surface area contributed by atoms with Crippen molar-refractivity contribution in [3.63, 3.8) is 0 Å². The number of nitrogens with zero attached hydrogens (tertiary/aromatic N) is 1. The molecule has 0 aromatic rings. The summed E-state index contributed by atoms with van der Waals surface area (Å²) in [6, 6.07) is 1.19. The smallest absolute Gasteiger partial charge is 0.304 e. The van der Waals surface area contributed by atoms with Gasteiger partial charge in [-0.05, 0) is 32.1 Å². The van der Waals surface area contributed by atoms with Crippen molar-refractivity contribution in [1.82, 2.24) is 4.90 Å². The SMILES string of the molecule is CCC1CC(N(CCC(=O)O)C2CC2)CCO1. The molecule has 2 atom stereocenters. The molecule has 2 fully saturated rings. The lowest BCUT2D eigenvalue weighted by molar-refractivity contribution is -0.137. The van der Waals surface area contributed by atoms with Gasteiger partial charge in [0, 0.05) is 25.2 Å². The molecule has 0 aromatic heterocycles. The van der Waals surface area contributed by atoms with Crippen LogP contribution in [0.2, 0.25) is 0 Å². The van der Waals surface area contributed by atoms with Crippen molar-refractivity contribution in [2.45, 2.75) is 63.6 Å². The van der Waals surface area contributed by atoms with Gasteiger partial charge in [-0.25, -0.2) is 0 Å². The van der Waals surface area contributed by atoms with Gasteiger partial charge >= 0.3 is 5.97 Å². The van der Waals surface area contributed by atoms with E-state index in [9.17, 15) is 4.79 Å². The largest absolute Gasteiger partial charge is 0.481 e. The van der Waals surface area contributed by atoms with Crippen molar-refractivity contribution >= 4 is 5.97 Å². The minimum atomic E-state index is -0.685. The molecule has 0 bridgehead atoms. The van der Waals surface area contributed by atoms with Crippen LogP contribution in [0.4, 0.5) is 0 Å². The maximum atomic E-state index is 10.7. The standard InChI is InChI=1S/C13H23NO3/c1-2-12-9-11(6-8-17-12)14(10-3-4-10)7-5-13(15)16/h10-12H,2-9H2,1H3,(H,15,16). The van der Waals surface area contributed by atoms with Gasteiger partial charge in [0.2, 0.25) is 0 Å². The highest BCUT2D eigenvalue weighted by atomic mass is 16.5. The van der Waals surface area contributed by atoms with Crippen molar-refractivity contribution in [2.24, 2.45) is 0 Å². The Morgan fingerprint density at radius 3 is 2.71 bits per heavy atom. The van der Waals surface area contributed by atoms with Gasteiger partial charge < -0.3 is 9.84 Å². The zero-order valence-corrected chi connectivity index (χ0v) is 10.6. The summed E-state index contributed by atoms with van der Waals surface area (Å²) in [6.45, 7) is 3.70. The summed E-state index contributed by atoms with van der Waals surface area (Å²) in [5, 5.41) is 8.81. The normalized spacial score (nSPS) is 29.5. The second kappa shape index (κ2) is 5.83. The van der Waals surface area contributed by atoms with E-state index >= 15 is 0 Å². The van der Waals surface area contributed by atoms with Crippen LogP contribution >= 0.6 is 0 Å². The third-order valence-corrected chi connectivity index (χ3v) is 3.86. The highest BCUT2D eigenvalue weighted by molar-refractivity contribution is 5.66. The summed E-state index contributed by atoms with van der Waals surface area (Å²) in [4.78, 5) is 13.1. The lowest BCUT2D eigenvalue weighted by atomic mass is 9.99. The zero-order chi connectivity index (χ0) is 12.3. The van der Waals surface area contributed by atoms with Crippen LogP contribution in [-0.4, -0.2) is 47.3 Å². The second-order valence-electron chi connectivity index (χ2n) is 5.19. The van der Waals surface area contributed by atoms with E-state index in [1.165, 1.54) is 12.8 Å². The van der Waals surface area contributed by atoms with Crippen LogP contribution in [0.5, 0.6) is 0 Å². The molecule has 1 heterocycles. The van der Waals surface area contributed by atoms with Crippen LogP contribution < -0.4 is 0 Å². The van der Waals surface area contributed by atoms with Gasteiger partial charge in [-0.2, -0.15) is 0 Å². The Bertz CT molecular complexity index is 265. The molecule has 4 nitrogen and oxygen atoms in total. The molecule has 0 aromatic carbocycles. The summed E-state index contributed by atoms with van der Waals surface area (Å²) in [7, 11) is 0. The van der Waals surface area contributed by atoms with Gasteiger partial charge in [0.1, 0.15) is 0 Å². The number of carboxylic acid groups (broad SMARTS) is 1. The van der Waals surface area contributed by atoms with E-state index in [0.29, 0.717) is 24.7 Å². The minimum Gasteiger partial charge on any atom is -0.481 e. The summed E-state index contributed by atoms with van der Waals surface area (Å²) in [5.41, 5.74) is 0. The Balaban J connectivity index is 1.88. The first kappa shape index (κ1) is 12.8. The Hall–Kier alpha value is -0.610. The molecule has 98 valence electrons. The van der Waals surface area contributed by atoms with Crippen molar-refractivity contribution < 1.29 is 14.6 Å². The molecule has 1 aliphatic heterocycles. The fourth-order valence-corrected chi connectivity index (χ4v) is 2.74. The van der Waals surface area contributed by atoms with Gasteiger partial charge in [0.15, 0.2) is 0 Å². The summed E-state index contributed by atoms with van der Waals surface area (Å²) >= 11 is 0. The Morgan fingerprint density at radius 2 is 2.12 bits per heavy atom. The molecule has 2 unspecified atom stereocenters. The molecular formula is C13H23NO3. The quantitative estimate of drug-likeness (QED) is 0.771. The molecule has 0 amide bonds. The Kier molecular flexibility index (Phi) is 4.40. The van der Waals surface area contributed by atoms with Gasteiger partial charge in [-0.15, -0.1) is 0 Å². The van der Waals surface area contributed by atoms with Crippen molar-refractivity contribution in [1.29, 1.82) is 0 Å². The van der Waals surface area contributed by atoms with Gasteiger partial charge in [-0.1, -0.05) is 6.92 Å². The van der Waals surface area contributed by atoms with E-state index in [4.69, 9.17) is 9.84 Å². The number of rotatable bonds is 6.